The Morgan fingerprint density at radius 1 is 1.05 bits per heavy atom. The van der Waals surface area contributed by atoms with Gasteiger partial charge in [0.25, 0.3) is 0 Å². The summed E-state index contributed by atoms with van der Waals surface area (Å²) in [5, 5.41) is 21.9. The van der Waals surface area contributed by atoms with Crippen LogP contribution in [0.2, 0.25) is 0 Å². The van der Waals surface area contributed by atoms with Gasteiger partial charge in [-0.1, -0.05) is 13.8 Å². The summed E-state index contributed by atoms with van der Waals surface area (Å²) in [5.41, 5.74) is 0. The normalized spacial score (nSPS) is 13.3. The van der Waals surface area contributed by atoms with Gasteiger partial charge in [0.05, 0.1) is 13.0 Å². The number of amides is 2. The number of carbonyl (C=O) groups excluding carboxylic acids is 2. The number of carbonyl (C=O) groups is 4. The highest BCUT2D eigenvalue weighted by molar-refractivity contribution is 5.89. The molecule has 120 valence electrons. The smallest absolute Gasteiger partial charge is 0.325 e. The van der Waals surface area contributed by atoms with Gasteiger partial charge < -0.3 is 20.8 Å². The molecule has 0 spiro atoms. The van der Waals surface area contributed by atoms with Crippen LogP contribution in [0.5, 0.6) is 0 Å². The van der Waals surface area contributed by atoms with E-state index in [0.717, 1.165) is 0 Å². The maximum Gasteiger partial charge on any atom is 0.325 e. The summed E-state index contributed by atoms with van der Waals surface area (Å²) in [6, 6.07) is -1.06. The van der Waals surface area contributed by atoms with Crippen LogP contribution >= 0.6 is 0 Å². The molecule has 0 aromatic carbocycles. The summed E-state index contributed by atoms with van der Waals surface area (Å²) < 4.78 is 0. The van der Waals surface area contributed by atoms with E-state index in [-0.39, 0.29) is 18.9 Å². The third-order valence-electron chi connectivity index (χ3n) is 2.72. The van der Waals surface area contributed by atoms with Crippen LogP contribution in [0.1, 0.15) is 33.6 Å². The number of aliphatic carboxylic acids is 2. The van der Waals surface area contributed by atoms with Crippen molar-refractivity contribution >= 4 is 23.8 Å². The van der Waals surface area contributed by atoms with E-state index >= 15 is 0 Å². The van der Waals surface area contributed by atoms with E-state index in [1.165, 1.54) is 6.92 Å². The topological polar surface area (TPSA) is 133 Å². The molecule has 0 aliphatic heterocycles. The first-order chi connectivity index (χ1) is 9.63. The average molecular weight is 302 g/mol. The van der Waals surface area contributed by atoms with Crippen LogP contribution in [-0.2, 0) is 19.2 Å². The molecular formula is C13H22N2O6. The van der Waals surface area contributed by atoms with Crippen molar-refractivity contribution in [1.82, 2.24) is 10.6 Å². The second kappa shape index (κ2) is 8.93. The molecule has 0 radical (unpaired) electrons. The van der Waals surface area contributed by atoms with Gasteiger partial charge in [-0.25, -0.2) is 0 Å². The fourth-order valence-electron chi connectivity index (χ4n) is 1.73. The second-order valence-electron chi connectivity index (χ2n) is 5.27. The van der Waals surface area contributed by atoms with Crippen LogP contribution in [0.25, 0.3) is 0 Å². The minimum absolute atomic E-state index is 0.140. The summed E-state index contributed by atoms with van der Waals surface area (Å²) in [4.78, 5) is 44.6. The van der Waals surface area contributed by atoms with Crippen LogP contribution in [0.3, 0.4) is 0 Å². The molecule has 0 fully saturated rings. The highest BCUT2D eigenvalue weighted by atomic mass is 16.4. The van der Waals surface area contributed by atoms with Gasteiger partial charge in [-0.05, 0) is 19.3 Å². The van der Waals surface area contributed by atoms with Gasteiger partial charge in [0.15, 0.2) is 0 Å². The van der Waals surface area contributed by atoms with Gasteiger partial charge in [-0.15, -0.1) is 0 Å². The summed E-state index contributed by atoms with van der Waals surface area (Å²) in [7, 11) is 0. The predicted molar refractivity (Wildman–Crippen MR) is 73.4 cm³/mol. The second-order valence-corrected chi connectivity index (χ2v) is 5.27. The molecule has 0 rings (SSSR count). The Bertz CT molecular complexity index is 407. The molecule has 0 saturated heterocycles. The van der Waals surface area contributed by atoms with Crippen molar-refractivity contribution in [3.63, 3.8) is 0 Å². The van der Waals surface area contributed by atoms with E-state index in [1.807, 2.05) is 13.8 Å². The van der Waals surface area contributed by atoms with Crippen LogP contribution in [0.15, 0.2) is 0 Å². The molecule has 0 aromatic heterocycles. The van der Waals surface area contributed by atoms with Gasteiger partial charge in [-0.2, -0.15) is 0 Å². The molecule has 4 N–H and O–H groups in total. The van der Waals surface area contributed by atoms with Gasteiger partial charge >= 0.3 is 11.9 Å². The third kappa shape index (κ3) is 8.61. The van der Waals surface area contributed by atoms with Crippen molar-refractivity contribution < 1.29 is 29.4 Å². The minimum atomic E-state index is -1.18. The zero-order valence-corrected chi connectivity index (χ0v) is 12.4. The number of hydrogen-bond acceptors (Lipinski definition) is 4. The quantitative estimate of drug-likeness (QED) is 0.467. The van der Waals surface area contributed by atoms with Crippen LogP contribution in [0, 0.1) is 11.8 Å². The molecular weight excluding hydrogens is 280 g/mol. The molecule has 0 aliphatic rings. The van der Waals surface area contributed by atoms with E-state index in [0.29, 0.717) is 6.42 Å². The zero-order valence-electron chi connectivity index (χ0n) is 12.4. The van der Waals surface area contributed by atoms with Crippen molar-refractivity contribution in [2.24, 2.45) is 11.8 Å². The third-order valence-corrected chi connectivity index (χ3v) is 2.72. The summed E-state index contributed by atoms with van der Waals surface area (Å²) in [5.74, 6) is -4.01. The molecule has 8 heteroatoms. The Hall–Kier alpha value is -2.12. The minimum Gasteiger partial charge on any atom is -0.481 e. The van der Waals surface area contributed by atoms with E-state index in [9.17, 15) is 19.2 Å². The van der Waals surface area contributed by atoms with Crippen molar-refractivity contribution in [3.05, 3.63) is 0 Å². The van der Waals surface area contributed by atoms with Crippen LogP contribution < -0.4 is 10.6 Å². The molecule has 1 unspecified atom stereocenters. The number of carboxylic acids is 2. The lowest BCUT2D eigenvalue weighted by molar-refractivity contribution is -0.142. The Balaban J connectivity index is 4.38. The van der Waals surface area contributed by atoms with Crippen molar-refractivity contribution in [3.8, 4) is 0 Å². The van der Waals surface area contributed by atoms with E-state index in [1.54, 1.807) is 0 Å². The molecule has 0 aliphatic carbocycles. The summed E-state index contributed by atoms with van der Waals surface area (Å²) >= 11 is 0. The zero-order chi connectivity index (χ0) is 16.6. The molecule has 0 aromatic rings. The molecule has 21 heavy (non-hydrogen) atoms. The first kappa shape index (κ1) is 18.9. The average Bonchev–Trinajstić information content (AvgIpc) is 2.33. The Kier molecular flexibility index (Phi) is 8.03. The van der Waals surface area contributed by atoms with Crippen molar-refractivity contribution in [2.45, 2.75) is 39.7 Å². The lowest BCUT2D eigenvalue weighted by atomic mass is 9.93. The SMILES string of the molecule is CC(C)CC(CC(=O)O)C(=O)NCC(=O)N[C@@H](C)C(=O)O. The molecule has 0 bridgehead atoms. The molecule has 2 atom stereocenters. The van der Waals surface area contributed by atoms with Crippen molar-refractivity contribution in [2.75, 3.05) is 6.54 Å². The fourth-order valence-corrected chi connectivity index (χ4v) is 1.73. The van der Waals surface area contributed by atoms with Crippen molar-refractivity contribution in [1.29, 1.82) is 0 Å². The van der Waals surface area contributed by atoms with Crippen LogP contribution in [-0.4, -0.2) is 46.6 Å². The molecule has 0 saturated carbocycles. The monoisotopic (exact) mass is 302 g/mol. The lowest BCUT2D eigenvalue weighted by Gasteiger charge is -2.17. The Labute approximate surface area is 122 Å². The highest BCUT2D eigenvalue weighted by Gasteiger charge is 2.23. The van der Waals surface area contributed by atoms with Gasteiger partial charge in [0, 0.05) is 5.92 Å². The molecule has 0 heterocycles. The van der Waals surface area contributed by atoms with Gasteiger partial charge in [0.1, 0.15) is 6.04 Å². The highest BCUT2D eigenvalue weighted by Crippen LogP contribution is 2.15. The van der Waals surface area contributed by atoms with Crippen LogP contribution in [0.4, 0.5) is 0 Å². The number of hydrogen-bond donors (Lipinski definition) is 4. The maximum absolute atomic E-state index is 11.9. The maximum atomic E-state index is 11.9. The number of carboxylic acid groups (broad SMARTS) is 2. The van der Waals surface area contributed by atoms with E-state index in [4.69, 9.17) is 10.2 Å². The Morgan fingerprint density at radius 3 is 2.05 bits per heavy atom. The number of nitrogens with one attached hydrogen (secondary N) is 2. The predicted octanol–water partition coefficient (Wildman–Crippen LogP) is -0.171. The first-order valence-electron chi connectivity index (χ1n) is 6.65. The summed E-state index contributed by atoms with van der Waals surface area (Å²) in [6.45, 7) is 4.64. The van der Waals surface area contributed by atoms with E-state index < -0.39 is 35.7 Å². The molecule has 8 nitrogen and oxygen atoms in total. The standard InChI is InChI=1S/C13H22N2O6/c1-7(2)4-9(5-11(17)18)12(19)14-6-10(16)15-8(3)13(20)21/h7-9H,4-6H2,1-3H3,(H,14,19)(H,15,16)(H,17,18)(H,20,21)/t8-,9?/m0/s1. The summed E-state index contributed by atoms with van der Waals surface area (Å²) in [6.07, 6.45) is 0.0858. The lowest BCUT2D eigenvalue weighted by Crippen LogP contribution is -2.45. The van der Waals surface area contributed by atoms with E-state index in [2.05, 4.69) is 10.6 Å². The van der Waals surface area contributed by atoms with Gasteiger partial charge in [-0.3, -0.25) is 19.2 Å². The fraction of sp³-hybridized carbons (Fsp3) is 0.692. The largest absolute Gasteiger partial charge is 0.481 e. The molecule has 2 amide bonds. The Morgan fingerprint density at radius 2 is 1.62 bits per heavy atom. The van der Waals surface area contributed by atoms with Gasteiger partial charge in [0.2, 0.25) is 11.8 Å². The number of rotatable bonds is 9. The first-order valence-corrected chi connectivity index (χ1v) is 6.65.